The van der Waals surface area contributed by atoms with E-state index in [1.807, 2.05) is 0 Å². The van der Waals surface area contributed by atoms with Gasteiger partial charge in [0.25, 0.3) is 5.56 Å². The molecule has 17 heavy (non-hydrogen) atoms. The molecule has 0 atom stereocenters. The molecule has 2 aromatic rings. The average molecular weight is 235 g/mol. The van der Waals surface area contributed by atoms with Crippen LogP contribution in [0.4, 0.5) is 0 Å². The second kappa shape index (κ2) is 3.81. The molecule has 0 unspecified atom stereocenters. The number of rotatable bonds is 1. The number of fused-ring (bicyclic) bond motifs is 1. The minimum atomic E-state index is -0.538. The van der Waals surface area contributed by atoms with E-state index in [1.165, 1.54) is 24.9 Å². The van der Waals surface area contributed by atoms with E-state index in [2.05, 4.69) is 15.1 Å². The molecule has 0 saturated heterocycles. The lowest BCUT2D eigenvalue weighted by atomic mass is 10.4. The van der Waals surface area contributed by atoms with Crippen LogP contribution in [0, 0.1) is 0 Å². The van der Waals surface area contributed by atoms with Crippen LogP contribution in [0.15, 0.2) is 20.9 Å². The molecule has 0 aliphatic rings. The molecule has 8 nitrogen and oxygen atoms in total. The van der Waals surface area contributed by atoms with Gasteiger partial charge in [0.2, 0.25) is 0 Å². The Morgan fingerprint density at radius 2 is 2.06 bits per heavy atom. The Hall–Kier alpha value is -2.51. The van der Waals surface area contributed by atoms with Crippen LogP contribution in [0.25, 0.3) is 11.2 Å². The molecule has 2 heterocycles. The fraction of sp³-hybridized carbons (Fsp3) is 0.222. The number of nitrogens with zero attached hydrogens (tertiary/aromatic N) is 5. The number of aromatic nitrogens is 4. The van der Waals surface area contributed by atoms with E-state index in [0.29, 0.717) is 0 Å². The Bertz CT molecular complexity index is 728. The molecule has 1 N–H and O–H groups in total. The number of aryl methyl sites for hydroxylation is 1. The van der Waals surface area contributed by atoms with Gasteiger partial charge >= 0.3 is 5.69 Å². The zero-order chi connectivity index (χ0) is 12.6. The summed E-state index contributed by atoms with van der Waals surface area (Å²) in [5, 5.41) is 11.2. The fourth-order valence-corrected chi connectivity index (χ4v) is 1.47. The first-order valence-electron chi connectivity index (χ1n) is 4.66. The second-order valence-electron chi connectivity index (χ2n) is 3.42. The first kappa shape index (κ1) is 11.0. The quantitative estimate of drug-likeness (QED) is 0.381. The van der Waals surface area contributed by atoms with Crippen LogP contribution in [0.1, 0.15) is 5.69 Å². The summed E-state index contributed by atoms with van der Waals surface area (Å²) < 4.78 is 2.17. The Balaban J connectivity index is 2.97. The van der Waals surface area contributed by atoms with Crippen molar-refractivity contribution >= 4 is 17.4 Å². The van der Waals surface area contributed by atoms with Crippen LogP contribution in [0.5, 0.6) is 0 Å². The van der Waals surface area contributed by atoms with Crippen LogP contribution >= 0.6 is 0 Å². The number of hydrogen-bond donors (Lipinski definition) is 1. The molecule has 0 aliphatic heterocycles. The second-order valence-corrected chi connectivity index (χ2v) is 3.42. The summed E-state index contributed by atoms with van der Waals surface area (Å²) in [5.74, 6) is 0. The summed E-state index contributed by atoms with van der Waals surface area (Å²) in [6.07, 6.45) is 2.36. The molecule has 2 aromatic heterocycles. The summed E-state index contributed by atoms with van der Waals surface area (Å²) in [4.78, 5) is 31.3. The lowest BCUT2D eigenvalue weighted by Crippen LogP contribution is -2.37. The van der Waals surface area contributed by atoms with Gasteiger partial charge in [-0.25, -0.2) is 14.8 Å². The molecule has 2 rings (SSSR count). The highest BCUT2D eigenvalue weighted by atomic mass is 16.4. The van der Waals surface area contributed by atoms with Crippen molar-refractivity contribution in [2.45, 2.75) is 0 Å². The molecule has 0 aliphatic carbocycles. The normalized spacial score (nSPS) is 11.4. The van der Waals surface area contributed by atoms with Gasteiger partial charge in [-0.05, 0) is 0 Å². The number of hydrogen-bond acceptors (Lipinski definition) is 6. The van der Waals surface area contributed by atoms with Crippen molar-refractivity contribution in [3.8, 4) is 0 Å². The van der Waals surface area contributed by atoms with Gasteiger partial charge in [-0.15, -0.1) is 0 Å². The van der Waals surface area contributed by atoms with Gasteiger partial charge in [0, 0.05) is 14.1 Å². The maximum Gasteiger partial charge on any atom is 0.332 e. The molecule has 0 amide bonds. The van der Waals surface area contributed by atoms with E-state index in [9.17, 15) is 9.59 Å². The van der Waals surface area contributed by atoms with Gasteiger partial charge in [-0.2, -0.15) is 0 Å². The fourth-order valence-electron chi connectivity index (χ4n) is 1.47. The lowest BCUT2D eigenvalue weighted by Gasteiger charge is -2.05. The van der Waals surface area contributed by atoms with Gasteiger partial charge in [-0.1, -0.05) is 5.16 Å². The first-order valence-corrected chi connectivity index (χ1v) is 4.66. The molecule has 0 saturated carbocycles. The third-order valence-electron chi connectivity index (χ3n) is 2.36. The zero-order valence-corrected chi connectivity index (χ0v) is 9.15. The maximum absolute atomic E-state index is 11.8. The Labute approximate surface area is 94.5 Å². The summed E-state index contributed by atoms with van der Waals surface area (Å²) in [6, 6.07) is 0. The van der Waals surface area contributed by atoms with Crippen molar-refractivity contribution in [2.75, 3.05) is 0 Å². The molecular weight excluding hydrogens is 226 g/mol. The molecular formula is C9H9N5O3. The SMILES string of the molecule is Cn1c(=O)c2nc(C=NO)cnc2n(C)c1=O. The summed E-state index contributed by atoms with van der Waals surface area (Å²) in [7, 11) is 2.86. The standard InChI is InChI=1S/C9H9N5O3/c1-13-7-6(8(15)14(2)9(13)16)12-5(3-10-7)4-11-17/h3-4,17H,1-2H3. The van der Waals surface area contributed by atoms with Crippen molar-refractivity contribution in [1.29, 1.82) is 0 Å². The van der Waals surface area contributed by atoms with E-state index in [1.54, 1.807) is 0 Å². The van der Waals surface area contributed by atoms with Gasteiger partial charge in [0.15, 0.2) is 11.2 Å². The highest BCUT2D eigenvalue weighted by Crippen LogP contribution is 2.00. The van der Waals surface area contributed by atoms with Crippen LogP contribution in [-0.4, -0.2) is 30.5 Å². The Morgan fingerprint density at radius 1 is 1.35 bits per heavy atom. The monoisotopic (exact) mass is 235 g/mol. The van der Waals surface area contributed by atoms with Crippen molar-refractivity contribution < 1.29 is 5.21 Å². The van der Waals surface area contributed by atoms with Gasteiger partial charge in [-0.3, -0.25) is 13.9 Å². The van der Waals surface area contributed by atoms with E-state index < -0.39 is 11.2 Å². The zero-order valence-electron chi connectivity index (χ0n) is 9.15. The minimum Gasteiger partial charge on any atom is -0.411 e. The smallest absolute Gasteiger partial charge is 0.332 e. The average Bonchev–Trinajstić information content (AvgIpc) is 2.34. The number of oxime groups is 1. The molecule has 8 heteroatoms. The van der Waals surface area contributed by atoms with Gasteiger partial charge < -0.3 is 5.21 Å². The Morgan fingerprint density at radius 3 is 2.71 bits per heavy atom. The molecule has 0 fully saturated rings. The summed E-state index contributed by atoms with van der Waals surface area (Å²) in [5.41, 5.74) is -0.542. The lowest BCUT2D eigenvalue weighted by molar-refractivity contribution is 0.321. The maximum atomic E-state index is 11.8. The van der Waals surface area contributed by atoms with Crippen molar-refractivity contribution in [1.82, 2.24) is 19.1 Å². The minimum absolute atomic E-state index is 0.0481. The highest BCUT2D eigenvalue weighted by molar-refractivity contribution is 5.80. The molecule has 0 spiro atoms. The summed E-state index contributed by atoms with van der Waals surface area (Å²) in [6.45, 7) is 0. The van der Waals surface area contributed by atoms with E-state index in [-0.39, 0.29) is 16.9 Å². The van der Waals surface area contributed by atoms with E-state index in [4.69, 9.17) is 5.21 Å². The Kier molecular flexibility index (Phi) is 2.47. The van der Waals surface area contributed by atoms with E-state index in [0.717, 1.165) is 10.8 Å². The van der Waals surface area contributed by atoms with Gasteiger partial charge in [0.05, 0.1) is 12.4 Å². The first-order chi connectivity index (χ1) is 8.06. The third-order valence-corrected chi connectivity index (χ3v) is 2.36. The van der Waals surface area contributed by atoms with Crippen molar-refractivity contribution in [3.05, 3.63) is 32.7 Å². The summed E-state index contributed by atoms with van der Waals surface area (Å²) >= 11 is 0. The van der Waals surface area contributed by atoms with Crippen molar-refractivity contribution in [3.63, 3.8) is 0 Å². The highest BCUT2D eigenvalue weighted by Gasteiger charge is 2.10. The molecule has 0 radical (unpaired) electrons. The van der Waals surface area contributed by atoms with Crippen LogP contribution in [0.3, 0.4) is 0 Å². The third kappa shape index (κ3) is 1.59. The molecule has 88 valence electrons. The molecule has 0 aromatic carbocycles. The van der Waals surface area contributed by atoms with E-state index >= 15 is 0 Å². The predicted octanol–water partition coefficient (Wildman–Crippen LogP) is -1.16. The topological polar surface area (TPSA) is 102 Å². The van der Waals surface area contributed by atoms with Crippen LogP contribution in [0.2, 0.25) is 0 Å². The van der Waals surface area contributed by atoms with Crippen LogP contribution in [-0.2, 0) is 14.1 Å². The van der Waals surface area contributed by atoms with Gasteiger partial charge in [0.1, 0.15) is 5.69 Å². The molecule has 0 bridgehead atoms. The predicted molar refractivity (Wildman–Crippen MR) is 59.4 cm³/mol. The largest absolute Gasteiger partial charge is 0.411 e. The van der Waals surface area contributed by atoms with Crippen molar-refractivity contribution in [2.24, 2.45) is 19.3 Å². The van der Waals surface area contributed by atoms with Crippen LogP contribution < -0.4 is 11.2 Å².